The first-order chi connectivity index (χ1) is 13.5. The van der Waals surface area contributed by atoms with E-state index in [0.29, 0.717) is 32.0 Å². The maximum atomic E-state index is 12.7. The number of thiocarbonyl (C=S) groups is 1. The smallest absolute Gasteiger partial charge is 0.270 e. The number of furan rings is 1. The van der Waals surface area contributed by atoms with Gasteiger partial charge >= 0.3 is 0 Å². The summed E-state index contributed by atoms with van der Waals surface area (Å²) >= 11 is 6.55. The molecule has 1 aromatic heterocycles. The van der Waals surface area contributed by atoms with Crippen LogP contribution in [0.15, 0.2) is 76.1 Å². The number of rotatable bonds is 4. The van der Waals surface area contributed by atoms with Crippen molar-refractivity contribution in [3.63, 3.8) is 0 Å². The molecule has 8 heteroatoms. The van der Waals surface area contributed by atoms with Crippen LogP contribution in [-0.2, 0) is 4.79 Å². The Labute approximate surface area is 169 Å². The summed E-state index contributed by atoms with van der Waals surface area (Å²) in [5.41, 5.74) is 1.29. The van der Waals surface area contributed by atoms with Gasteiger partial charge in [-0.05, 0) is 24.3 Å². The molecule has 3 aromatic rings. The van der Waals surface area contributed by atoms with Gasteiger partial charge in [0.2, 0.25) is 0 Å². The molecule has 1 aliphatic rings. The molecule has 2 heterocycles. The maximum Gasteiger partial charge on any atom is 0.270 e. The molecule has 6 nitrogen and oxygen atoms in total. The Morgan fingerprint density at radius 3 is 2.61 bits per heavy atom. The Hall–Kier alpha value is -3.23. The van der Waals surface area contributed by atoms with Gasteiger partial charge in [0.15, 0.2) is 4.32 Å². The van der Waals surface area contributed by atoms with Crippen molar-refractivity contribution in [3.05, 3.63) is 87.5 Å². The van der Waals surface area contributed by atoms with E-state index in [2.05, 4.69) is 0 Å². The normalized spacial score (nSPS) is 15.4. The van der Waals surface area contributed by atoms with Crippen molar-refractivity contribution in [2.24, 2.45) is 0 Å². The van der Waals surface area contributed by atoms with Crippen LogP contribution in [0.2, 0.25) is 0 Å². The van der Waals surface area contributed by atoms with Gasteiger partial charge < -0.3 is 4.42 Å². The molecule has 1 aliphatic heterocycles. The molecule has 0 saturated carbocycles. The van der Waals surface area contributed by atoms with Crippen LogP contribution in [-0.4, -0.2) is 15.2 Å². The molecule has 1 amide bonds. The van der Waals surface area contributed by atoms with Gasteiger partial charge in [0.25, 0.3) is 11.6 Å². The van der Waals surface area contributed by atoms with Gasteiger partial charge in [-0.1, -0.05) is 54.3 Å². The lowest BCUT2D eigenvalue weighted by atomic mass is 10.1. The summed E-state index contributed by atoms with van der Waals surface area (Å²) in [5, 5.41) is 10.9. The number of thioether (sulfide) groups is 1. The summed E-state index contributed by atoms with van der Waals surface area (Å²) < 4.78 is 6.22. The summed E-state index contributed by atoms with van der Waals surface area (Å²) in [6, 6.07) is 18.8. The first-order valence-corrected chi connectivity index (χ1v) is 9.43. The maximum absolute atomic E-state index is 12.7. The molecule has 0 unspecified atom stereocenters. The third-order valence-electron chi connectivity index (χ3n) is 4.05. The molecule has 138 valence electrons. The average Bonchev–Trinajstić information content (AvgIpc) is 3.27. The third-order valence-corrected chi connectivity index (χ3v) is 5.35. The van der Waals surface area contributed by atoms with Crippen LogP contribution in [0.25, 0.3) is 17.4 Å². The Bertz CT molecular complexity index is 1120. The van der Waals surface area contributed by atoms with Crippen LogP contribution in [0.5, 0.6) is 0 Å². The molecular weight excluding hydrogens is 396 g/mol. The number of hydrogen-bond acceptors (Lipinski definition) is 6. The minimum absolute atomic E-state index is 0.0146. The zero-order valence-corrected chi connectivity index (χ0v) is 15.9. The standard InChI is InChI=1S/C20H12N2O4S2/c23-19-18(28-20(27)21(19)14-6-2-1-3-7-14)12-16-9-10-17(26-16)13-5-4-8-15(11-13)22(24)25/h1-12H. The number of carbonyl (C=O) groups is 1. The fraction of sp³-hybridized carbons (Fsp3) is 0. The summed E-state index contributed by atoms with van der Waals surface area (Å²) in [5.74, 6) is 0.734. The zero-order valence-electron chi connectivity index (χ0n) is 14.3. The van der Waals surface area contributed by atoms with Gasteiger partial charge in [0.05, 0.1) is 15.5 Å². The number of nitrogens with zero attached hydrogens (tertiary/aromatic N) is 2. The molecule has 0 N–H and O–H groups in total. The highest BCUT2D eigenvalue weighted by molar-refractivity contribution is 8.27. The third kappa shape index (κ3) is 3.47. The molecule has 28 heavy (non-hydrogen) atoms. The summed E-state index contributed by atoms with van der Waals surface area (Å²) in [4.78, 5) is 25.2. The van der Waals surface area contributed by atoms with Crippen molar-refractivity contribution in [2.75, 3.05) is 4.90 Å². The number of nitro groups is 1. The van der Waals surface area contributed by atoms with Gasteiger partial charge in [-0.3, -0.25) is 19.8 Å². The van der Waals surface area contributed by atoms with E-state index < -0.39 is 4.92 Å². The van der Waals surface area contributed by atoms with Crippen LogP contribution in [0, 0.1) is 10.1 Å². The van der Waals surface area contributed by atoms with Crippen molar-refractivity contribution in [1.29, 1.82) is 0 Å². The quantitative estimate of drug-likeness (QED) is 0.254. The highest BCUT2D eigenvalue weighted by atomic mass is 32.2. The molecule has 2 aromatic carbocycles. The number of hydrogen-bond donors (Lipinski definition) is 0. The lowest BCUT2D eigenvalue weighted by Gasteiger charge is -2.13. The summed E-state index contributed by atoms with van der Waals surface area (Å²) in [6.45, 7) is 0. The van der Waals surface area contributed by atoms with Crippen LogP contribution in [0.4, 0.5) is 11.4 Å². The number of para-hydroxylation sites is 1. The average molecular weight is 408 g/mol. The largest absolute Gasteiger partial charge is 0.457 e. The van der Waals surface area contributed by atoms with Gasteiger partial charge in [0.1, 0.15) is 11.5 Å². The highest BCUT2D eigenvalue weighted by Gasteiger charge is 2.33. The SMILES string of the molecule is O=C1C(=Cc2ccc(-c3cccc([N+](=O)[O-])c3)o2)SC(=S)N1c1ccccc1. The second-order valence-electron chi connectivity index (χ2n) is 5.86. The van der Waals surface area contributed by atoms with E-state index in [0.717, 1.165) is 0 Å². The Morgan fingerprint density at radius 2 is 1.86 bits per heavy atom. The molecule has 0 atom stereocenters. The van der Waals surface area contributed by atoms with Crippen LogP contribution in [0.1, 0.15) is 5.76 Å². The van der Waals surface area contributed by atoms with Crippen molar-refractivity contribution >= 4 is 51.7 Å². The molecule has 0 spiro atoms. The number of amides is 1. The first kappa shape index (κ1) is 18.1. The molecule has 0 bridgehead atoms. The van der Waals surface area contributed by atoms with E-state index in [4.69, 9.17) is 16.6 Å². The Morgan fingerprint density at radius 1 is 1.07 bits per heavy atom. The number of benzene rings is 2. The second-order valence-corrected chi connectivity index (χ2v) is 7.54. The first-order valence-electron chi connectivity index (χ1n) is 8.20. The van der Waals surface area contributed by atoms with Crippen LogP contribution >= 0.6 is 24.0 Å². The molecule has 4 rings (SSSR count). The van der Waals surface area contributed by atoms with Gasteiger partial charge in [-0.25, -0.2) is 0 Å². The van der Waals surface area contributed by atoms with Crippen LogP contribution < -0.4 is 4.90 Å². The van der Waals surface area contributed by atoms with E-state index in [1.807, 2.05) is 30.3 Å². The van der Waals surface area contributed by atoms with Crippen molar-refractivity contribution in [1.82, 2.24) is 0 Å². The molecular formula is C20H12N2O4S2. The monoisotopic (exact) mass is 408 g/mol. The van der Waals surface area contributed by atoms with Gasteiger partial charge in [-0.15, -0.1) is 0 Å². The minimum Gasteiger partial charge on any atom is -0.457 e. The Balaban J connectivity index is 1.61. The van der Waals surface area contributed by atoms with E-state index in [9.17, 15) is 14.9 Å². The molecule has 1 saturated heterocycles. The summed E-state index contributed by atoms with van der Waals surface area (Å²) in [6.07, 6.45) is 1.63. The van der Waals surface area contributed by atoms with E-state index in [1.165, 1.54) is 28.8 Å². The minimum atomic E-state index is -0.456. The van der Waals surface area contributed by atoms with E-state index in [-0.39, 0.29) is 11.6 Å². The van der Waals surface area contributed by atoms with Gasteiger partial charge in [-0.2, -0.15) is 0 Å². The van der Waals surface area contributed by atoms with Gasteiger partial charge in [0, 0.05) is 23.8 Å². The second kappa shape index (κ2) is 7.41. The molecule has 0 aliphatic carbocycles. The van der Waals surface area contributed by atoms with Crippen LogP contribution in [0.3, 0.4) is 0 Å². The fourth-order valence-corrected chi connectivity index (χ4v) is 4.03. The summed E-state index contributed by atoms with van der Waals surface area (Å²) in [7, 11) is 0. The number of anilines is 1. The number of nitro benzene ring substituents is 1. The fourth-order valence-electron chi connectivity index (χ4n) is 2.75. The predicted molar refractivity (Wildman–Crippen MR) is 113 cm³/mol. The lowest BCUT2D eigenvalue weighted by molar-refractivity contribution is -0.384. The number of carbonyl (C=O) groups excluding carboxylic acids is 1. The van der Waals surface area contributed by atoms with Crippen molar-refractivity contribution < 1.29 is 14.1 Å². The molecule has 0 radical (unpaired) electrons. The lowest BCUT2D eigenvalue weighted by Crippen LogP contribution is -2.27. The number of non-ortho nitro benzene ring substituents is 1. The topological polar surface area (TPSA) is 76.6 Å². The molecule has 1 fully saturated rings. The highest BCUT2D eigenvalue weighted by Crippen LogP contribution is 2.36. The zero-order chi connectivity index (χ0) is 19.7. The van der Waals surface area contributed by atoms with E-state index >= 15 is 0 Å². The van der Waals surface area contributed by atoms with Crippen molar-refractivity contribution in [3.8, 4) is 11.3 Å². The predicted octanol–water partition coefficient (Wildman–Crippen LogP) is 5.26. The Kier molecular flexibility index (Phi) is 4.81. The van der Waals surface area contributed by atoms with E-state index in [1.54, 1.807) is 30.3 Å². The van der Waals surface area contributed by atoms with Crippen molar-refractivity contribution in [2.45, 2.75) is 0 Å².